The zero-order valence-electron chi connectivity index (χ0n) is 13.5. The van der Waals surface area contributed by atoms with Crippen molar-refractivity contribution in [1.82, 2.24) is 0 Å². The van der Waals surface area contributed by atoms with Crippen LogP contribution >= 0.6 is 11.8 Å². The molecule has 0 amide bonds. The van der Waals surface area contributed by atoms with Crippen LogP contribution in [0.25, 0.3) is 0 Å². The molecule has 0 unspecified atom stereocenters. The molecule has 0 aromatic carbocycles. The summed E-state index contributed by atoms with van der Waals surface area (Å²) in [5.74, 6) is 0.999. The molecule has 0 bridgehead atoms. The number of unbranched alkanes of at least 4 members (excludes halogenated alkanes) is 2. The van der Waals surface area contributed by atoms with Crippen molar-refractivity contribution in [3.05, 3.63) is 0 Å². The lowest BCUT2D eigenvalue weighted by Crippen LogP contribution is -2.50. The lowest BCUT2D eigenvalue weighted by atomic mass is 10.2. The fraction of sp³-hybridized carbons (Fsp3) is 0.938. The van der Waals surface area contributed by atoms with Crippen LogP contribution < -0.4 is 0 Å². The van der Waals surface area contributed by atoms with Gasteiger partial charge in [0.15, 0.2) is 5.12 Å². The highest BCUT2D eigenvalue weighted by Crippen LogP contribution is 2.15. The third-order valence-corrected chi connectivity index (χ3v) is 4.79. The molecule has 0 N–H and O–H groups in total. The molecule has 0 aliphatic carbocycles. The highest BCUT2D eigenvalue weighted by atomic mass is 32.2. The van der Waals surface area contributed by atoms with Crippen LogP contribution in [0.5, 0.6) is 0 Å². The minimum Gasteiger partial charge on any atom is -0.323 e. The molecule has 0 radical (unpaired) electrons. The van der Waals surface area contributed by atoms with Crippen molar-refractivity contribution in [3.63, 3.8) is 0 Å². The SMILES string of the molecule is CCCCCC(=O)SCC[N+](CC)(CCC)CCC. The van der Waals surface area contributed by atoms with Gasteiger partial charge in [-0.15, -0.1) is 0 Å². The quantitative estimate of drug-likeness (QED) is 0.389. The molecule has 0 saturated carbocycles. The second kappa shape index (κ2) is 11.8. The zero-order chi connectivity index (χ0) is 14.6. The fourth-order valence-corrected chi connectivity index (χ4v) is 3.70. The van der Waals surface area contributed by atoms with Crippen LogP contribution in [0.1, 0.15) is 66.2 Å². The first-order valence-electron chi connectivity index (χ1n) is 8.14. The van der Waals surface area contributed by atoms with Gasteiger partial charge in [-0.1, -0.05) is 45.4 Å². The molecule has 0 aromatic rings. The fourth-order valence-electron chi connectivity index (χ4n) is 2.70. The number of carbonyl (C=O) groups excluding carboxylic acids is 1. The Morgan fingerprint density at radius 1 is 0.895 bits per heavy atom. The van der Waals surface area contributed by atoms with Gasteiger partial charge in [0.2, 0.25) is 0 Å². The van der Waals surface area contributed by atoms with E-state index in [-0.39, 0.29) is 0 Å². The standard InChI is InChI=1S/C16H34NOS/c1-5-9-10-11-16(18)19-15-14-17(8-4,12-6-2)13-7-3/h5-15H2,1-4H3/q+1. The first kappa shape index (κ1) is 19.0. The Balaban J connectivity index is 4.00. The number of rotatable bonds is 12. The maximum Gasteiger partial charge on any atom is 0.189 e. The average Bonchev–Trinajstić information content (AvgIpc) is 2.39. The third kappa shape index (κ3) is 8.69. The zero-order valence-corrected chi connectivity index (χ0v) is 14.4. The van der Waals surface area contributed by atoms with Gasteiger partial charge in [0.05, 0.1) is 31.9 Å². The Labute approximate surface area is 124 Å². The van der Waals surface area contributed by atoms with Crippen molar-refractivity contribution in [1.29, 1.82) is 0 Å². The van der Waals surface area contributed by atoms with Crippen molar-refractivity contribution in [2.45, 2.75) is 66.2 Å². The first-order chi connectivity index (χ1) is 9.14. The summed E-state index contributed by atoms with van der Waals surface area (Å²) in [5.41, 5.74) is 0. The second-order valence-corrected chi connectivity index (χ2v) is 6.66. The molecule has 19 heavy (non-hydrogen) atoms. The van der Waals surface area contributed by atoms with Gasteiger partial charge < -0.3 is 4.48 Å². The van der Waals surface area contributed by atoms with Gasteiger partial charge in [0.25, 0.3) is 0 Å². The smallest absolute Gasteiger partial charge is 0.189 e. The van der Waals surface area contributed by atoms with E-state index in [9.17, 15) is 4.79 Å². The molecule has 0 rings (SSSR count). The van der Waals surface area contributed by atoms with Crippen LogP contribution in [-0.2, 0) is 4.79 Å². The van der Waals surface area contributed by atoms with E-state index in [1.807, 2.05) is 0 Å². The van der Waals surface area contributed by atoms with E-state index in [0.717, 1.165) is 25.1 Å². The molecule has 0 fully saturated rings. The maximum absolute atomic E-state index is 11.8. The number of thioether (sulfide) groups is 1. The highest BCUT2D eigenvalue weighted by Gasteiger charge is 2.23. The molecular weight excluding hydrogens is 254 g/mol. The van der Waals surface area contributed by atoms with Crippen LogP contribution in [0.3, 0.4) is 0 Å². The normalized spacial score (nSPS) is 11.8. The first-order valence-corrected chi connectivity index (χ1v) is 9.13. The van der Waals surface area contributed by atoms with E-state index in [1.165, 1.54) is 49.8 Å². The van der Waals surface area contributed by atoms with Crippen LogP contribution in [0.2, 0.25) is 0 Å². The lowest BCUT2D eigenvalue weighted by molar-refractivity contribution is -0.924. The van der Waals surface area contributed by atoms with Crippen molar-refractivity contribution in [2.24, 2.45) is 0 Å². The molecule has 0 atom stereocenters. The topological polar surface area (TPSA) is 17.1 Å². The molecule has 3 heteroatoms. The summed E-state index contributed by atoms with van der Waals surface area (Å²) in [6, 6.07) is 0. The molecule has 114 valence electrons. The third-order valence-electron chi connectivity index (χ3n) is 3.88. The van der Waals surface area contributed by atoms with Crippen LogP contribution in [0.15, 0.2) is 0 Å². The van der Waals surface area contributed by atoms with Gasteiger partial charge in [-0.25, -0.2) is 0 Å². The Kier molecular flexibility index (Phi) is 11.8. The lowest BCUT2D eigenvalue weighted by Gasteiger charge is -2.37. The van der Waals surface area contributed by atoms with Crippen LogP contribution in [0.4, 0.5) is 0 Å². The summed E-state index contributed by atoms with van der Waals surface area (Å²) >= 11 is 1.57. The van der Waals surface area contributed by atoms with Gasteiger partial charge in [0, 0.05) is 6.42 Å². The monoisotopic (exact) mass is 288 g/mol. The van der Waals surface area contributed by atoms with Crippen LogP contribution in [0, 0.1) is 0 Å². The molecule has 0 saturated heterocycles. The number of hydrogen-bond acceptors (Lipinski definition) is 2. The van der Waals surface area contributed by atoms with Crippen molar-refractivity contribution in [2.75, 3.05) is 31.9 Å². The van der Waals surface area contributed by atoms with Gasteiger partial charge in [-0.3, -0.25) is 4.79 Å². The van der Waals surface area contributed by atoms with Crippen molar-refractivity contribution in [3.8, 4) is 0 Å². The summed E-state index contributed by atoms with van der Waals surface area (Å²) in [4.78, 5) is 11.8. The number of carbonyl (C=O) groups is 1. The molecule has 0 aliphatic heterocycles. The van der Waals surface area contributed by atoms with Crippen LogP contribution in [-0.4, -0.2) is 41.5 Å². The van der Waals surface area contributed by atoms with E-state index >= 15 is 0 Å². The number of quaternary nitrogens is 1. The Bertz CT molecular complexity index is 225. The molecule has 0 heterocycles. The summed E-state index contributed by atoms with van der Waals surface area (Å²) in [6.07, 6.45) is 6.70. The Morgan fingerprint density at radius 3 is 2.00 bits per heavy atom. The van der Waals surface area contributed by atoms with Crippen molar-refractivity contribution < 1.29 is 9.28 Å². The highest BCUT2D eigenvalue weighted by molar-refractivity contribution is 8.13. The van der Waals surface area contributed by atoms with E-state index < -0.39 is 0 Å². The number of nitrogens with zero attached hydrogens (tertiary/aromatic N) is 1. The predicted octanol–water partition coefficient (Wildman–Crippen LogP) is 4.48. The summed E-state index contributed by atoms with van der Waals surface area (Å²) in [7, 11) is 0. The maximum atomic E-state index is 11.8. The van der Waals surface area contributed by atoms with Crippen molar-refractivity contribution >= 4 is 16.9 Å². The average molecular weight is 289 g/mol. The van der Waals surface area contributed by atoms with E-state index in [4.69, 9.17) is 0 Å². The molecule has 0 spiro atoms. The van der Waals surface area contributed by atoms with Gasteiger partial charge in [-0.05, 0) is 26.2 Å². The van der Waals surface area contributed by atoms with Gasteiger partial charge in [0.1, 0.15) is 0 Å². The Hall–Kier alpha value is -0.0200. The molecule has 2 nitrogen and oxygen atoms in total. The van der Waals surface area contributed by atoms with E-state index in [2.05, 4.69) is 27.7 Å². The number of hydrogen-bond donors (Lipinski definition) is 0. The predicted molar refractivity (Wildman–Crippen MR) is 87.6 cm³/mol. The van der Waals surface area contributed by atoms with Gasteiger partial charge in [-0.2, -0.15) is 0 Å². The summed E-state index contributed by atoms with van der Waals surface area (Å²) in [5, 5.41) is 0.399. The van der Waals surface area contributed by atoms with Gasteiger partial charge >= 0.3 is 0 Å². The molecular formula is C16H34NOS+. The minimum absolute atomic E-state index is 0.399. The summed E-state index contributed by atoms with van der Waals surface area (Å²) < 4.78 is 1.20. The molecule has 0 aromatic heterocycles. The van der Waals surface area contributed by atoms with E-state index in [0.29, 0.717) is 5.12 Å². The Morgan fingerprint density at radius 2 is 1.53 bits per heavy atom. The largest absolute Gasteiger partial charge is 0.323 e. The van der Waals surface area contributed by atoms with E-state index in [1.54, 1.807) is 11.8 Å². The second-order valence-electron chi connectivity index (χ2n) is 5.51. The molecule has 0 aliphatic rings. The summed E-state index contributed by atoms with van der Waals surface area (Å²) in [6.45, 7) is 13.9. The minimum atomic E-state index is 0.399.